The number of hydrogen-bond acceptors (Lipinski definition) is 3. The first kappa shape index (κ1) is 15.4. The highest BCUT2D eigenvalue weighted by Gasteiger charge is 2.16. The molecule has 0 bridgehead atoms. The Morgan fingerprint density at radius 1 is 1.22 bits per heavy atom. The highest BCUT2D eigenvalue weighted by atomic mass is 79.9. The second kappa shape index (κ2) is 5.96. The van der Waals surface area contributed by atoms with Crippen LogP contribution in [-0.2, 0) is 0 Å². The predicted octanol–water partition coefficient (Wildman–Crippen LogP) is 4.26. The Hall–Kier alpha value is -2.47. The van der Waals surface area contributed by atoms with E-state index in [1.165, 1.54) is 18.2 Å². The van der Waals surface area contributed by atoms with Crippen LogP contribution in [0.3, 0.4) is 0 Å². The lowest BCUT2D eigenvalue weighted by atomic mass is 10.1. The van der Waals surface area contributed by atoms with Crippen LogP contribution in [0.25, 0.3) is 11.0 Å². The Balaban J connectivity index is 2.01. The maximum atomic E-state index is 13.8. The van der Waals surface area contributed by atoms with Crippen molar-refractivity contribution in [3.05, 3.63) is 74.3 Å². The number of hydrogen-bond donors (Lipinski definition) is 1. The fourth-order valence-corrected chi connectivity index (χ4v) is 2.56. The topological polar surface area (TPSA) is 59.3 Å². The largest absolute Gasteiger partial charge is 0.422 e. The third-order valence-electron chi connectivity index (χ3n) is 3.38. The van der Waals surface area contributed by atoms with E-state index in [4.69, 9.17) is 4.42 Å². The number of anilines is 1. The number of carbonyl (C=O) groups is 1. The number of halogens is 2. The first-order valence-corrected chi connectivity index (χ1v) is 7.55. The lowest BCUT2D eigenvalue weighted by Crippen LogP contribution is -2.21. The summed E-state index contributed by atoms with van der Waals surface area (Å²) in [4.78, 5) is 24.3. The standard InChI is InChI=1S/C17H11BrFNO3/c1-9-3-2-4-10-7-12(17(22)23-15(9)10)16(21)20-14-6-5-11(18)8-13(14)19/h2-8H,1H3,(H,20,21). The fourth-order valence-electron chi connectivity index (χ4n) is 2.23. The fraction of sp³-hybridized carbons (Fsp3) is 0.0588. The summed E-state index contributed by atoms with van der Waals surface area (Å²) in [6, 6.07) is 11.0. The Kier molecular flexibility index (Phi) is 4.00. The van der Waals surface area contributed by atoms with Crippen LogP contribution in [0.2, 0.25) is 0 Å². The van der Waals surface area contributed by atoms with Crippen LogP contribution in [0.15, 0.2) is 56.1 Å². The predicted molar refractivity (Wildman–Crippen MR) is 89.3 cm³/mol. The zero-order chi connectivity index (χ0) is 16.6. The number of fused-ring (bicyclic) bond motifs is 1. The van der Waals surface area contributed by atoms with E-state index < -0.39 is 17.3 Å². The van der Waals surface area contributed by atoms with Gasteiger partial charge in [-0.25, -0.2) is 9.18 Å². The molecule has 0 atom stereocenters. The normalized spacial score (nSPS) is 10.7. The Bertz CT molecular complexity index is 981. The average molecular weight is 376 g/mol. The molecule has 0 radical (unpaired) electrons. The van der Waals surface area contributed by atoms with E-state index in [1.54, 1.807) is 18.2 Å². The van der Waals surface area contributed by atoms with E-state index in [9.17, 15) is 14.0 Å². The zero-order valence-electron chi connectivity index (χ0n) is 12.0. The summed E-state index contributed by atoms with van der Waals surface area (Å²) in [5.74, 6) is -1.32. The van der Waals surface area contributed by atoms with Gasteiger partial charge in [-0.1, -0.05) is 34.1 Å². The minimum atomic E-state index is -0.762. The van der Waals surface area contributed by atoms with Crippen LogP contribution in [0.4, 0.5) is 10.1 Å². The van der Waals surface area contributed by atoms with E-state index >= 15 is 0 Å². The molecule has 3 rings (SSSR count). The third kappa shape index (κ3) is 3.03. The van der Waals surface area contributed by atoms with Crippen molar-refractivity contribution in [1.82, 2.24) is 0 Å². The first-order valence-electron chi connectivity index (χ1n) is 6.75. The molecule has 1 N–H and O–H groups in total. The molecule has 2 aromatic carbocycles. The molecule has 0 saturated heterocycles. The van der Waals surface area contributed by atoms with Crippen LogP contribution in [0.1, 0.15) is 15.9 Å². The van der Waals surface area contributed by atoms with Crippen LogP contribution in [0, 0.1) is 12.7 Å². The molecule has 1 heterocycles. The van der Waals surface area contributed by atoms with E-state index in [0.717, 1.165) is 5.56 Å². The van der Waals surface area contributed by atoms with Crippen LogP contribution in [-0.4, -0.2) is 5.91 Å². The summed E-state index contributed by atoms with van der Waals surface area (Å²) in [5, 5.41) is 3.01. The molecule has 1 amide bonds. The minimum Gasteiger partial charge on any atom is -0.422 e. The average Bonchev–Trinajstić information content (AvgIpc) is 2.50. The number of rotatable bonds is 2. The van der Waals surface area contributed by atoms with Crippen molar-refractivity contribution in [3.63, 3.8) is 0 Å². The molecule has 0 fully saturated rings. The van der Waals surface area contributed by atoms with Crippen LogP contribution >= 0.6 is 15.9 Å². The van der Waals surface area contributed by atoms with Gasteiger partial charge in [-0.05, 0) is 36.8 Å². The van der Waals surface area contributed by atoms with Crippen molar-refractivity contribution in [2.75, 3.05) is 5.32 Å². The minimum absolute atomic E-state index is 0.0121. The number of aryl methyl sites for hydroxylation is 1. The molecule has 0 unspecified atom stereocenters. The van der Waals surface area contributed by atoms with Gasteiger partial charge in [0.15, 0.2) is 0 Å². The molecule has 0 saturated carbocycles. The molecule has 3 aromatic rings. The maximum Gasteiger partial charge on any atom is 0.349 e. The first-order chi connectivity index (χ1) is 11.0. The summed E-state index contributed by atoms with van der Waals surface area (Å²) in [6.07, 6.45) is 0. The van der Waals surface area contributed by atoms with Crippen LogP contribution < -0.4 is 10.9 Å². The van der Waals surface area contributed by atoms with Gasteiger partial charge in [0, 0.05) is 9.86 Å². The molecule has 0 aliphatic rings. The van der Waals surface area contributed by atoms with Gasteiger partial charge in [0.05, 0.1) is 5.69 Å². The molecule has 0 spiro atoms. The molecule has 0 aliphatic carbocycles. The molecule has 4 nitrogen and oxygen atoms in total. The summed E-state index contributed by atoms with van der Waals surface area (Å²) >= 11 is 3.14. The van der Waals surface area contributed by atoms with Gasteiger partial charge < -0.3 is 9.73 Å². The number of carbonyl (C=O) groups excluding carboxylic acids is 1. The summed E-state index contributed by atoms with van der Waals surface area (Å²) < 4.78 is 19.6. The number of nitrogens with one attached hydrogen (secondary N) is 1. The highest BCUT2D eigenvalue weighted by molar-refractivity contribution is 9.10. The Labute approximate surface area is 139 Å². The smallest absolute Gasteiger partial charge is 0.349 e. The molecule has 116 valence electrons. The lowest BCUT2D eigenvalue weighted by Gasteiger charge is -2.07. The second-order valence-corrected chi connectivity index (χ2v) is 5.93. The van der Waals surface area contributed by atoms with Gasteiger partial charge in [0.2, 0.25) is 0 Å². The van der Waals surface area contributed by atoms with E-state index in [1.807, 2.05) is 13.0 Å². The Morgan fingerprint density at radius 2 is 2.00 bits per heavy atom. The summed E-state index contributed by atoms with van der Waals surface area (Å²) in [7, 11) is 0. The van der Waals surface area contributed by atoms with Crippen molar-refractivity contribution >= 4 is 38.5 Å². The molecular formula is C17H11BrFNO3. The van der Waals surface area contributed by atoms with Gasteiger partial charge in [0.1, 0.15) is 17.0 Å². The molecular weight excluding hydrogens is 365 g/mol. The second-order valence-electron chi connectivity index (χ2n) is 5.02. The van der Waals surface area contributed by atoms with E-state index in [0.29, 0.717) is 15.4 Å². The summed E-state index contributed by atoms with van der Waals surface area (Å²) in [6.45, 7) is 1.81. The SMILES string of the molecule is Cc1cccc2cc(C(=O)Nc3ccc(Br)cc3F)c(=O)oc12. The quantitative estimate of drug-likeness (QED) is 0.680. The van der Waals surface area contributed by atoms with E-state index in [2.05, 4.69) is 21.2 Å². The highest BCUT2D eigenvalue weighted by Crippen LogP contribution is 2.21. The van der Waals surface area contributed by atoms with Crippen molar-refractivity contribution in [1.29, 1.82) is 0 Å². The zero-order valence-corrected chi connectivity index (χ0v) is 13.6. The van der Waals surface area contributed by atoms with Gasteiger partial charge in [-0.3, -0.25) is 4.79 Å². The van der Waals surface area contributed by atoms with Crippen molar-refractivity contribution in [3.8, 4) is 0 Å². The van der Waals surface area contributed by atoms with Crippen molar-refractivity contribution < 1.29 is 13.6 Å². The number of para-hydroxylation sites is 1. The summed E-state index contributed by atoms with van der Waals surface area (Å²) in [5.41, 5.74) is 0.281. The third-order valence-corrected chi connectivity index (χ3v) is 3.87. The lowest BCUT2D eigenvalue weighted by molar-refractivity contribution is 0.102. The van der Waals surface area contributed by atoms with Gasteiger partial charge >= 0.3 is 5.63 Å². The molecule has 1 aromatic heterocycles. The number of benzene rings is 2. The maximum absolute atomic E-state index is 13.8. The van der Waals surface area contributed by atoms with Crippen LogP contribution in [0.5, 0.6) is 0 Å². The number of amides is 1. The van der Waals surface area contributed by atoms with E-state index in [-0.39, 0.29) is 11.3 Å². The molecule has 0 aliphatic heterocycles. The van der Waals surface area contributed by atoms with Gasteiger partial charge in [-0.15, -0.1) is 0 Å². The van der Waals surface area contributed by atoms with Gasteiger partial charge in [0.25, 0.3) is 5.91 Å². The Morgan fingerprint density at radius 3 is 2.74 bits per heavy atom. The molecule has 23 heavy (non-hydrogen) atoms. The van der Waals surface area contributed by atoms with Gasteiger partial charge in [-0.2, -0.15) is 0 Å². The monoisotopic (exact) mass is 375 g/mol. The van der Waals surface area contributed by atoms with Crippen molar-refractivity contribution in [2.24, 2.45) is 0 Å². The van der Waals surface area contributed by atoms with Crippen molar-refractivity contribution in [2.45, 2.75) is 6.92 Å². The molecule has 6 heteroatoms.